The lowest BCUT2D eigenvalue weighted by molar-refractivity contribution is -0.187. The maximum atomic E-state index is 12.7. The van der Waals surface area contributed by atoms with Crippen LogP contribution in [0.3, 0.4) is 0 Å². The Morgan fingerprint density at radius 1 is 1.32 bits per heavy atom. The summed E-state index contributed by atoms with van der Waals surface area (Å²) in [4.78, 5) is 1.67. The molecule has 6 heteroatoms. The van der Waals surface area contributed by atoms with E-state index in [4.69, 9.17) is 4.74 Å². The van der Waals surface area contributed by atoms with Gasteiger partial charge in [-0.15, -0.1) is 0 Å². The van der Waals surface area contributed by atoms with Crippen LogP contribution in [0.25, 0.3) is 0 Å². The van der Waals surface area contributed by atoms with Crippen LogP contribution in [0.5, 0.6) is 5.75 Å². The minimum atomic E-state index is -4.15. The number of β-amino-alcohol motifs (C(OH)–C–C–N with tert-alkyl or cyclic N) is 1. The molecule has 0 aromatic heterocycles. The van der Waals surface area contributed by atoms with Gasteiger partial charge < -0.3 is 14.7 Å². The van der Waals surface area contributed by atoms with Gasteiger partial charge in [-0.25, -0.2) is 0 Å². The topological polar surface area (TPSA) is 32.7 Å². The Labute approximate surface area is 128 Å². The largest absolute Gasteiger partial charge is 0.491 e. The van der Waals surface area contributed by atoms with E-state index < -0.39 is 18.2 Å². The molecule has 1 aromatic rings. The van der Waals surface area contributed by atoms with E-state index in [0.717, 1.165) is 5.56 Å². The van der Waals surface area contributed by atoms with Crippen LogP contribution in [0.1, 0.15) is 18.4 Å². The van der Waals surface area contributed by atoms with Crippen LogP contribution < -0.4 is 4.74 Å². The Kier molecular flexibility index (Phi) is 5.69. The molecule has 0 unspecified atom stereocenters. The van der Waals surface area contributed by atoms with Crippen molar-refractivity contribution in [2.45, 2.75) is 32.0 Å². The fourth-order valence-corrected chi connectivity index (χ4v) is 2.67. The predicted molar refractivity (Wildman–Crippen MR) is 77.9 cm³/mol. The van der Waals surface area contributed by atoms with E-state index in [1.54, 1.807) is 4.90 Å². The summed E-state index contributed by atoms with van der Waals surface area (Å²) in [5.41, 5.74) is 1.11. The lowest BCUT2D eigenvalue weighted by Gasteiger charge is -2.34. The van der Waals surface area contributed by atoms with Crippen molar-refractivity contribution in [2.75, 3.05) is 26.2 Å². The second kappa shape index (κ2) is 7.33. The molecule has 0 bridgehead atoms. The molecule has 3 nitrogen and oxygen atoms in total. The van der Waals surface area contributed by atoms with Crippen LogP contribution in [0, 0.1) is 12.8 Å². The summed E-state index contributed by atoms with van der Waals surface area (Å²) in [6.07, 6.45) is -4.26. The van der Waals surface area contributed by atoms with Crippen molar-refractivity contribution in [1.29, 1.82) is 0 Å². The van der Waals surface area contributed by atoms with Crippen molar-refractivity contribution in [3.05, 3.63) is 29.8 Å². The van der Waals surface area contributed by atoms with E-state index in [1.165, 1.54) is 0 Å². The first kappa shape index (κ1) is 17.1. The third-order valence-electron chi connectivity index (χ3n) is 3.90. The van der Waals surface area contributed by atoms with Crippen LogP contribution in [0.2, 0.25) is 0 Å². The minimum Gasteiger partial charge on any atom is -0.491 e. The smallest absolute Gasteiger partial charge is 0.393 e. The molecule has 1 aliphatic heterocycles. The van der Waals surface area contributed by atoms with Gasteiger partial charge in [0, 0.05) is 13.1 Å². The number of nitrogens with zero attached hydrogens (tertiary/aromatic N) is 1. The average molecular weight is 317 g/mol. The van der Waals surface area contributed by atoms with E-state index in [2.05, 4.69) is 0 Å². The van der Waals surface area contributed by atoms with Crippen LogP contribution in [-0.2, 0) is 0 Å². The summed E-state index contributed by atoms with van der Waals surface area (Å²) in [5, 5.41) is 9.96. The van der Waals surface area contributed by atoms with Crippen molar-refractivity contribution < 1.29 is 23.0 Å². The minimum absolute atomic E-state index is 0.0366. The second-order valence-corrected chi connectivity index (χ2v) is 5.92. The molecule has 0 saturated carbocycles. The highest BCUT2D eigenvalue weighted by Gasteiger charge is 2.41. The fourth-order valence-electron chi connectivity index (χ4n) is 2.67. The van der Waals surface area contributed by atoms with Crippen molar-refractivity contribution in [3.63, 3.8) is 0 Å². The second-order valence-electron chi connectivity index (χ2n) is 5.92. The molecule has 1 heterocycles. The summed E-state index contributed by atoms with van der Waals surface area (Å²) in [6, 6.07) is 7.42. The highest BCUT2D eigenvalue weighted by molar-refractivity contribution is 5.26. The summed E-state index contributed by atoms with van der Waals surface area (Å²) in [5.74, 6) is -0.636. The number of benzene rings is 1. The Bertz CT molecular complexity index is 461. The van der Waals surface area contributed by atoms with Crippen molar-refractivity contribution in [2.24, 2.45) is 5.92 Å². The lowest BCUT2D eigenvalue weighted by atomic mass is 9.97. The molecule has 1 aliphatic rings. The lowest BCUT2D eigenvalue weighted by Crippen LogP contribution is -2.45. The van der Waals surface area contributed by atoms with Crippen LogP contribution in [-0.4, -0.2) is 48.5 Å². The van der Waals surface area contributed by atoms with Crippen molar-refractivity contribution >= 4 is 0 Å². The Morgan fingerprint density at radius 3 is 2.64 bits per heavy atom. The van der Waals surface area contributed by atoms with Gasteiger partial charge >= 0.3 is 6.18 Å². The van der Waals surface area contributed by atoms with E-state index in [9.17, 15) is 18.3 Å². The maximum absolute atomic E-state index is 12.7. The van der Waals surface area contributed by atoms with Gasteiger partial charge in [0.05, 0.1) is 5.92 Å². The Balaban J connectivity index is 1.76. The first-order valence-corrected chi connectivity index (χ1v) is 7.51. The molecular weight excluding hydrogens is 295 g/mol. The molecule has 2 rings (SSSR count). The number of hydrogen-bond acceptors (Lipinski definition) is 3. The van der Waals surface area contributed by atoms with Gasteiger partial charge in [0.25, 0.3) is 0 Å². The monoisotopic (exact) mass is 317 g/mol. The van der Waals surface area contributed by atoms with E-state index in [0.29, 0.717) is 18.7 Å². The predicted octanol–water partition coefficient (Wildman–Crippen LogP) is 3.01. The number of halogens is 3. The number of aryl methyl sites for hydroxylation is 1. The summed E-state index contributed by atoms with van der Waals surface area (Å²) in [6.45, 7) is 2.81. The average Bonchev–Trinajstić information content (AvgIpc) is 2.46. The zero-order chi connectivity index (χ0) is 16.2. The number of hydrogen-bond donors (Lipinski definition) is 1. The molecule has 1 aromatic carbocycles. The van der Waals surface area contributed by atoms with Crippen molar-refractivity contribution in [3.8, 4) is 5.75 Å². The molecule has 1 saturated heterocycles. The summed E-state index contributed by atoms with van der Waals surface area (Å²) >= 11 is 0. The standard InChI is InChI=1S/C16H22F3NO2/c1-12-4-6-15(7-5-12)22-11-14(21)10-20-8-2-3-13(9-20)16(17,18)19/h4-7,13-14,21H,2-3,8-11H2,1H3/t13-,14+/m1/s1. The van der Waals surface area contributed by atoms with Gasteiger partial charge in [-0.05, 0) is 38.4 Å². The maximum Gasteiger partial charge on any atom is 0.393 e. The first-order valence-electron chi connectivity index (χ1n) is 7.51. The van der Waals surface area contributed by atoms with Gasteiger partial charge in [-0.1, -0.05) is 17.7 Å². The normalized spacial score (nSPS) is 21.6. The number of likely N-dealkylation sites (tertiary alicyclic amines) is 1. The van der Waals surface area contributed by atoms with E-state index in [1.807, 2.05) is 31.2 Å². The molecule has 1 N–H and O–H groups in total. The number of ether oxygens (including phenoxy) is 1. The fraction of sp³-hybridized carbons (Fsp3) is 0.625. The van der Waals surface area contributed by atoms with E-state index in [-0.39, 0.29) is 26.1 Å². The van der Waals surface area contributed by atoms with Gasteiger partial charge in [0.1, 0.15) is 18.5 Å². The van der Waals surface area contributed by atoms with Crippen LogP contribution in [0.15, 0.2) is 24.3 Å². The number of piperidine rings is 1. The number of alkyl halides is 3. The SMILES string of the molecule is Cc1ccc(OC[C@@H](O)CN2CCC[C@@H](C(F)(F)F)C2)cc1. The van der Waals surface area contributed by atoms with Gasteiger partial charge in [-0.2, -0.15) is 13.2 Å². The highest BCUT2D eigenvalue weighted by Crippen LogP contribution is 2.33. The molecule has 0 aliphatic carbocycles. The van der Waals surface area contributed by atoms with Gasteiger partial charge in [0.15, 0.2) is 0 Å². The zero-order valence-corrected chi connectivity index (χ0v) is 12.6. The summed E-state index contributed by atoms with van der Waals surface area (Å²) < 4.78 is 43.7. The first-order chi connectivity index (χ1) is 10.3. The zero-order valence-electron chi connectivity index (χ0n) is 12.6. The van der Waals surface area contributed by atoms with Gasteiger partial charge in [-0.3, -0.25) is 0 Å². The molecule has 0 amide bonds. The third kappa shape index (κ3) is 5.18. The van der Waals surface area contributed by atoms with E-state index >= 15 is 0 Å². The molecule has 1 fully saturated rings. The quantitative estimate of drug-likeness (QED) is 0.906. The molecule has 2 atom stereocenters. The number of aliphatic hydroxyl groups excluding tert-OH is 1. The van der Waals surface area contributed by atoms with Gasteiger partial charge in [0.2, 0.25) is 0 Å². The highest BCUT2D eigenvalue weighted by atomic mass is 19.4. The molecule has 0 radical (unpaired) electrons. The molecule has 0 spiro atoms. The number of aliphatic hydroxyl groups is 1. The third-order valence-corrected chi connectivity index (χ3v) is 3.90. The van der Waals surface area contributed by atoms with Crippen molar-refractivity contribution in [1.82, 2.24) is 4.90 Å². The van der Waals surface area contributed by atoms with Crippen LogP contribution in [0.4, 0.5) is 13.2 Å². The van der Waals surface area contributed by atoms with Crippen LogP contribution >= 0.6 is 0 Å². The Hall–Kier alpha value is -1.27. The molecular formula is C16H22F3NO2. The number of rotatable bonds is 5. The molecule has 124 valence electrons. The Morgan fingerprint density at radius 2 is 2.00 bits per heavy atom. The molecule has 22 heavy (non-hydrogen) atoms. The summed E-state index contributed by atoms with van der Waals surface area (Å²) in [7, 11) is 0.